The molecular weight excluding hydrogens is 322 g/mol. The number of hydrogen-bond acceptors (Lipinski definition) is 4. The quantitative estimate of drug-likeness (QED) is 0.832. The first-order valence-electron chi connectivity index (χ1n) is 8.57. The van der Waals surface area contributed by atoms with Crippen LogP contribution in [0.3, 0.4) is 0 Å². The fraction of sp³-hybridized carbons (Fsp3) is 0.474. The van der Waals surface area contributed by atoms with Crippen molar-refractivity contribution in [1.82, 2.24) is 4.90 Å². The minimum absolute atomic E-state index is 0.00427. The summed E-state index contributed by atoms with van der Waals surface area (Å²) < 4.78 is 0. The number of benzene rings is 1. The van der Waals surface area contributed by atoms with Crippen molar-refractivity contribution in [3.63, 3.8) is 0 Å². The Morgan fingerprint density at radius 3 is 2.50 bits per heavy atom. The summed E-state index contributed by atoms with van der Waals surface area (Å²) >= 11 is 1.03. The smallest absolute Gasteiger partial charge is 0.293 e. The lowest BCUT2D eigenvalue weighted by Crippen LogP contribution is -2.42. The topological polar surface area (TPSA) is 57.6 Å². The summed E-state index contributed by atoms with van der Waals surface area (Å²) in [5.74, 6) is 0.254. The summed E-state index contributed by atoms with van der Waals surface area (Å²) in [5, 5.41) is 8.93. The third-order valence-electron chi connectivity index (χ3n) is 5.02. The van der Waals surface area contributed by atoms with Gasteiger partial charge in [-0.25, -0.2) is 0 Å². The van der Waals surface area contributed by atoms with Gasteiger partial charge in [-0.05, 0) is 54.6 Å². The Morgan fingerprint density at radius 1 is 1.21 bits per heavy atom. The molecule has 2 fully saturated rings. The van der Waals surface area contributed by atoms with E-state index < -0.39 is 0 Å². The van der Waals surface area contributed by atoms with E-state index in [1.54, 1.807) is 6.08 Å². The summed E-state index contributed by atoms with van der Waals surface area (Å²) in [7, 11) is 0. The first-order valence-corrected chi connectivity index (χ1v) is 9.38. The standard InChI is InChI=1S/C19H23NO3S/c1-13(16-5-3-2-4-6-16)20-18(22)17(24-19(20)23)11-14-7-9-15(12-21)10-8-14/h7-11,13,16,21H,2-6,12H2,1H3. The molecule has 1 heterocycles. The van der Waals surface area contributed by atoms with E-state index in [0.29, 0.717) is 10.8 Å². The van der Waals surface area contributed by atoms with Crippen molar-refractivity contribution in [1.29, 1.82) is 0 Å². The molecule has 1 saturated heterocycles. The van der Waals surface area contributed by atoms with Gasteiger partial charge >= 0.3 is 0 Å². The summed E-state index contributed by atoms with van der Waals surface area (Å²) in [5.41, 5.74) is 1.69. The lowest BCUT2D eigenvalue weighted by Gasteiger charge is -2.32. The highest BCUT2D eigenvalue weighted by atomic mass is 32.2. The highest BCUT2D eigenvalue weighted by molar-refractivity contribution is 8.18. The number of hydrogen-bond donors (Lipinski definition) is 1. The molecule has 1 unspecified atom stereocenters. The predicted molar refractivity (Wildman–Crippen MR) is 96.2 cm³/mol. The SMILES string of the molecule is CC(C1CCCCC1)N1C(=O)SC(=Cc2ccc(CO)cc2)C1=O. The maximum absolute atomic E-state index is 12.7. The molecule has 0 bridgehead atoms. The zero-order chi connectivity index (χ0) is 17.1. The second kappa shape index (κ2) is 7.53. The second-order valence-corrected chi connectivity index (χ2v) is 7.58. The van der Waals surface area contributed by atoms with Crippen LogP contribution in [-0.2, 0) is 11.4 Å². The van der Waals surface area contributed by atoms with Crippen molar-refractivity contribution < 1.29 is 14.7 Å². The van der Waals surface area contributed by atoms with Crippen molar-refractivity contribution in [3.8, 4) is 0 Å². The maximum Gasteiger partial charge on any atom is 0.293 e. The van der Waals surface area contributed by atoms with Crippen LogP contribution < -0.4 is 0 Å². The lowest BCUT2D eigenvalue weighted by molar-refractivity contribution is -0.125. The van der Waals surface area contributed by atoms with E-state index in [1.165, 1.54) is 24.2 Å². The number of carbonyl (C=O) groups is 2. The number of carbonyl (C=O) groups excluding carboxylic acids is 2. The Labute approximate surface area is 146 Å². The van der Waals surface area contributed by atoms with E-state index >= 15 is 0 Å². The molecule has 3 rings (SSSR count). The molecule has 128 valence electrons. The number of rotatable bonds is 4. The van der Waals surface area contributed by atoms with Crippen LogP contribution in [0.25, 0.3) is 6.08 Å². The Kier molecular flexibility index (Phi) is 5.41. The zero-order valence-electron chi connectivity index (χ0n) is 13.9. The molecule has 1 N–H and O–H groups in total. The van der Waals surface area contributed by atoms with Crippen LogP contribution in [0.5, 0.6) is 0 Å². The van der Waals surface area contributed by atoms with Gasteiger partial charge in [0.05, 0.1) is 11.5 Å². The minimum Gasteiger partial charge on any atom is -0.392 e. The molecule has 24 heavy (non-hydrogen) atoms. The van der Waals surface area contributed by atoms with Gasteiger partial charge in [0.25, 0.3) is 11.1 Å². The first-order chi connectivity index (χ1) is 11.6. The van der Waals surface area contributed by atoms with Crippen molar-refractivity contribution in [2.24, 2.45) is 5.92 Å². The van der Waals surface area contributed by atoms with Crippen LogP contribution in [-0.4, -0.2) is 27.2 Å². The van der Waals surface area contributed by atoms with E-state index in [1.807, 2.05) is 31.2 Å². The molecular formula is C19H23NO3S. The Hall–Kier alpha value is -1.59. The van der Waals surface area contributed by atoms with E-state index in [4.69, 9.17) is 5.11 Å². The van der Waals surface area contributed by atoms with E-state index in [2.05, 4.69) is 0 Å². The van der Waals surface area contributed by atoms with Gasteiger partial charge in [0.1, 0.15) is 0 Å². The highest BCUT2D eigenvalue weighted by Gasteiger charge is 2.40. The second-order valence-electron chi connectivity index (χ2n) is 6.59. The van der Waals surface area contributed by atoms with E-state index in [9.17, 15) is 9.59 Å². The number of aliphatic hydroxyl groups is 1. The van der Waals surface area contributed by atoms with Crippen LogP contribution in [0.15, 0.2) is 29.2 Å². The van der Waals surface area contributed by atoms with Crippen LogP contribution in [0.4, 0.5) is 4.79 Å². The molecule has 1 aliphatic carbocycles. The maximum atomic E-state index is 12.7. The molecule has 0 spiro atoms. The fourth-order valence-corrected chi connectivity index (χ4v) is 4.45. The van der Waals surface area contributed by atoms with Crippen LogP contribution in [0.1, 0.15) is 50.2 Å². The molecule has 1 atom stereocenters. The van der Waals surface area contributed by atoms with Crippen molar-refractivity contribution in [2.75, 3.05) is 0 Å². The highest BCUT2D eigenvalue weighted by Crippen LogP contribution is 2.37. The van der Waals surface area contributed by atoms with Crippen LogP contribution >= 0.6 is 11.8 Å². The molecule has 1 aromatic rings. The fourth-order valence-electron chi connectivity index (χ4n) is 3.53. The summed E-state index contributed by atoms with van der Waals surface area (Å²) in [6.45, 7) is 2.00. The van der Waals surface area contributed by atoms with Crippen molar-refractivity contribution >= 4 is 29.0 Å². The lowest BCUT2D eigenvalue weighted by atomic mass is 9.84. The third-order valence-corrected chi connectivity index (χ3v) is 5.91. The van der Waals surface area contributed by atoms with Gasteiger partial charge in [-0.2, -0.15) is 0 Å². The Balaban J connectivity index is 1.76. The summed E-state index contributed by atoms with van der Waals surface area (Å²) in [6.07, 6.45) is 7.61. The Bertz CT molecular complexity index is 647. The molecule has 1 saturated carbocycles. The molecule has 1 aromatic carbocycles. The number of amides is 2. The van der Waals surface area contributed by atoms with Gasteiger partial charge in [0.2, 0.25) is 0 Å². The molecule has 4 nitrogen and oxygen atoms in total. The van der Waals surface area contributed by atoms with Gasteiger partial charge in [-0.1, -0.05) is 43.5 Å². The monoisotopic (exact) mass is 345 g/mol. The number of thioether (sulfide) groups is 1. The normalized spacial score (nSPS) is 22.4. The van der Waals surface area contributed by atoms with E-state index in [0.717, 1.165) is 35.7 Å². The van der Waals surface area contributed by atoms with Gasteiger partial charge in [-0.3, -0.25) is 14.5 Å². The number of aliphatic hydroxyl groups excluding tert-OH is 1. The van der Waals surface area contributed by atoms with Crippen molar-refractivity contribution in [3.05, 3.63) is 40.3 Å². The average molecular weight is 345 g/mol. The van der Waals surface area contributed by atoms with E-state index in [-0.39, 0.29) is 23.8 Å². The zero-order valence-corrected chi connectivity index (χ0v) is 14.7. The van der Waals surface area contributed by atoms with Gasteiger partial charge < -0.3 is 5.11 Å². The molecule has 1 aliphatic heterocycles. The largest absolute Gasteiger partial charge is 0.392 e. The first kappa shape index (κ1) is 17.2. The number of nitrogens with zero attached hydrogens (tertiary/aromatic N) is 1. The van der Waals surface area contributed by atoms with Gasteiger partial charge in [-0.15, -0.1) is 0 Å². The number of imide groups is 1. The summed E-state index contributed by atoms with van der Waals surface area (Å²) in [6, 6.07) is 7.32. The molecule has 2 aliphatic rings. The third kappa shape index (κ3) is 3.57. The summed E-state index contributed by atoms with van der Waals surface area (Å²) in [4.78, 5) is 27.0. The predicted octanol–water partition coefficient (Wildman–Crippen LogP) is 4.18. The molecule has 0 aromatic heterocycles. The van der Waals surface area contributed by atoms with Crippen molar-refractivity contribution in [2.45, 2.75) is 51.7 Å². The van der Waals surface area contributed by atoms with Gasteiger partial charge in [0, 0.05) is 6.04 Å². The molecule has 5 heteroatoms. The van der Waals surface area contributed by atoms with Gasteiger partial charge in [0.15, 0.2) is 0 Å². The Morgan fingerprint density at radius 2 is 1.88 bits per heavy atom. The van der Waals surface area contributed by atoms with Crippen LogP contribution in [0.2, 0.25) is 0 Å². The molecule has 0 radical (unpaired) electrons. The van der Waals surface area contributed by atoms with Crippen LogP contribution in [0, 0.1) is 5.92 Å². The average Bonchev–Trinajstić information content (AvgIpc) is 2.89. The molecule has 2 amide bonds. The minimum atomic E-state index is -0.172.